The number of para-hydroxylation sites is 1. The van der Waals surface area contributed by atoms with Gasteiger partial charge < -0.3 is 14.5 Å². The van der Waals surface area contributed by atoms with Gasteiger partial charge in [0.1, 0.15) is 17.1 Å². The molecule has 0 radical (unpaired) electrons. The third kappa shape index (κ3) is 3.02. The molecule has 1 N–H and O–H groups in total. The summed E-state index contributed by atoms with van der Waals surface area (Å²) in [6.07, 6.45) is 0. The molecule has 2 aromatic carbocycles. The first-order valence-corrected chi connectivity index (χ1v) is 7.21. The molecule has 0 spiro atoms. The van der Waals surface area contributed by atoms with Crippen molar-refractivity contribution in [2.45, 2.75) is 20.4 Å². The van der Waals surface area contributed by atoms with Gasteiger partial charge in [-0.15, -0.1) is 0 Å². The zero-order valence-corrected chi connectivity index (χ0v) is 12.3. The third-order valence-corrected chi connectivity index (χ3v) is 3.44. The van der Waals surface area contributed by atoms with E-state index in [1.807, 2.05) is 43.3 Å². The highest BCUT2D eigenvalue weighted by molar-refractivity contribution is 5.77. The highest BCUT2D eigenvalue weighted by atomic mass is 16.5. The van der Waals surface area contributed by atoms with Crippen LogP contribution in [0.3, 0.4) is 0 Å². The summed E-state index contributed by atoms with van der Waals surface area (Å²) < 4.78 is 11.3. The molecule has 0 aliphatic heterocycles. The number of benzene rings is 2. The summed E-state index contributed by atoms with van der Waals surface area (Å²) in [5, 5.41) is 4.55. The summed E-state index contributed by atoms with van der Waals surface area (Å²) >= 11 is 0. The summed E-state index contributed by atoms with van der Waals surface area (Å²) in [6.45, 7) is 5.42. The van der Waals surface area contributed by atoms with Crippen LogP contribution in [-0.4, -0.2) is 6.61 Å². The molecule has 108 valence electrons. The van der Waals surface area contributed by atoms with E-state index in [1.165, 1.54) is 0 Å². The van der Waals surface area contributed by atoms with E-state index in [9.17, 15) is 0 Å². The molecule has 3 rings (SSSR count). The second kappa shape index (κ2) is 5.92. The smallest absolute Gasteiger partial charge is 0.134 e. The first-order valence-electron chi connectivity index (χ1n) is 7.21. The molecule has 0 saturated heterocycles. The molecular weight excluding hydrogens is 262 g/mol. The molecule has 0 aliphatic rings. The quantitative estimate of drug-likeness (QED) is 0.732. The molecule has 0 fully saturated rings. The second-order valence-electron chi connectivity index (χ2n) is 5.01. The fourth-order valence-corrected chi connectivity index (χ4v) is 2.40. The zero-order chi connectivity index (χ0) is 14.7. The van der Waals surface area contributed by atoms with Gasteiger partial charge in [-0.1, -0.05) is 18.2 Å². The SMILES string of the molecule is CCOc1ccc(NCc2cc3ccccc3o2)c(C)c1. The zero-order valence-electron chi connectivity index (χ0n) is 12.3. The monoisotopic (exact) mass is 281 g/mol. The fourth-order valence-electron chi connectivity index (χ4n) is 2.40. The van der Waals surface area contributed by atoms with Crippen molar-refractivity contribution in [2.75, 3.05) is 11.9 Å². The molecule has 0 bridgehead atoms. The maximum Gasteiger partial charge on any atom is 0.134 e. The van der Waals surface area contributed by atoms with E-state index in [0.717, 1.165) is 33.7 Å². The fraction of sp³-hybridized carbons (Fsp3) is 0.222. The molecule has 3 aromatic rings. The number of rotatable bonds is 5. The lowest BCUT2D eigenvalue weighted by Crippen LogP contribution is -2.00. The molecule has 0 amide bonds. The molecule has 0 aliphatic carbocycles. The highest BCUT2D eigenvalue weighted by Crippen LogP contribution is 2.23. The molecule has 0 saturated carbocycles. The van der Waals surface area contributed by atoms with E-state index in [-0.39, 0.29) is 0 Å². The van der Waals surface area contributed by atoms with Gasteiger partial charge in [0, 0.05) is 11.1 Å². The number of furan rings is 1. The molecule has 21 heavy (non-hydrogen) atoms. The van der Waals surface area contributed by atoms with Crippen LogP contribution in [0.1, 0.15) is 18.2 Å². The standard InChI is InChI=1S/C18H19NO2/c1-3-20-15-8-9-17(13(2)10-15)19-12-16-11-14-6-4-5-7-18(14)21-16/h4-11,19H,3,12H2,1-2H3. The number of fused-ring (bicyclic) bond motifs is 1. The van der Waals surface area contributed by atoms with E-state index in [1.54, 1.807) is 0 Å². The lowest BCUT2D eigenvalue weighted by molar-refractivity contribution is 0.340. The minimum atomic E-state index is 0.670. The van der Waals surface area contributed by atoms with E-state index in [4.69, 9.17) is 9.15 Å². The Bertz CT molecular complexity index is 713. The van der Waals surface area contributed by atoms with Crippen LogP contribution in [0.4, 0.5) is 5.69 Å². The summed E-state index contributed by atoms with van der Waals surface area (Å²) in [6, 6.07) is 16.2. The highest BCUT2D eigenvalue weighted by Gasteiger charge is 2.05. The Kier molecular flexibility index (Phi) is 3.82. The van der Waals surface area contributed by atoms with E-state index in [2.05, 4.69) is 24.4 Å². The Morgan fingerprint density at radius 2 is 1.95 bits per heavy atom. The number of nitrogens with one attached hydrogen (secondary N) is 1. The Hall–Kier alpha value is -2.42. The topological polar surface area (TPSA) is 34.4 Å². The largest absolute Gasteiger partial charge is 0.494 e. The summed E-state index contributed by atoms with van der Waals surface area (Å²) in [7, 11) is 0. The van der Waals surface area contributed by atoms with Crippen LogP contribution < -0.4 is 10.1 Å². The van der Waals surface area contributed by atoms with Crippen LogP contribution in [0.5, 0.6) is 5.75 Å². The number of anilines is 1. The molecule has 3 heteroatoms. The van der Waals surface area contributed by atoms with Gasteiger partial charge in [0.15, 0.2) is 0 Å². The lowest BCUT2D eigenvalue weighted by Gasteiger charge is -2.10. The van der Waals surface area contributed by atoms with Crippen molar-refractivity contribution in [3.05, 3.63) is 59.9 Å². The van der Waals surface area contributed by atoms with Gasteiger partial charge in [-0.25, -0.2) is 0 Å². The van der Waals surface area contributed by atoms with E-state index in [0.29, 0.717) is 13.2 Å². The van der Waals surface area contributed by atoms with Crippen molar-refractivity contribution in [3.63, 3.8) is 0 Å². The van der Waals surface area contributed by atoms with Crippen molar-refractivity contribution in [3.8, 4) is 5.75 Å². The van der Waals surface area contributed by atoms with Crippen LogP contribution in [0.15, 0.2) is 52.9 Å². The Morgan fingerprint density at radius 1 is 1.10 bits per heavy atom. The molecule has 1 aromatic heterocycles. The predicted octanol–water partition coefficient (Wildman–Crippen LogP) is 4.75. The van der Waals surface area contributed by atoms with Crippen LogP contribution >= 0.6 is 0 Å². The van der Waals surface area contributed by atoms with Crippen molar-refractivity contribution in [1.29, 1.82) is 0 Å². The first-order chi connectivity index (χ1) is 10.3. The van der Waals surface area contributed by atoms with Gasteiger partial charge >= 0.3 is 0 Å². The van der Waals surface area contributed by atoms with Crippen LogP contribution in [0.2, 0.25) is 0 Å². The molecule has 0 unspecified atom stereocenters. The number of hydrogen-bond acceptors (Lipinski definition) is 3. The average Bonchev–Trinajstić information content (AvgIpc) is 2.89. The summed E-state index contributed by atoms with van der Waals surface area (Å²) in [4.78, 5) is 0. The number of hydrogen-bond donors (Lipinski definition) is 1. The van der Waals surface area contributed by atoms with Crippen molar-refractivity contribution in [1.82, 2.24) is 0 Å². The Labute approximate surface area is 124 Å². The maximum atomic E-state index is 5.80. The second-order valence-corrected chi connectivity index (χ2v) is 5.01. The van der Waals surface area contributed by atoms with Crippen LogP contribution in [0, 0.1) is 6.92 Å². The summed E-state index contributed by atoms with van der Waals surface area (Å²) in [5.41, 5.74) is 3.19. The average molecular weight is 281 g/mol. The van der Waals surface area contributed by atoms with Gasteiger partial charge in [-0.3, -0.25) is 0 Å². The normalized spacial score (nSPS) is 10.8. The van der Waals surface area contributed by atoms with Crippen molar-refractivity contribution in [2.24, 2.45) is 0 Å². The predicted molar refractivity (Wildman–Crippen MR) is 85.9 cm³/mol. The van der Waals surface area contributed by atoms with E-state index < -0.39 is 0 Å². The molecular formula is C18H19NO2. The minimum absolute atomic E-state index is 0.670. The number of aryl methyl sites for hydroxylation is 1. The van der Waals surface area contributed by atoms with Gasteiger partial charge in [-0.05, 0) is 49.7 Å². The first kappa shape index (κ1) is 13.6. The van der Waals surface area contributed by atoms with Gasteiger partial charge in [0.25, 0.3) is 0 Å². The van der Waals surface area contributed by atoms with Crippen molar-refractivity contribution < 1.29 is 9.15 Å². The maximum absolute atomic E-state index is 5.80. The van der Waals surface area contributed by atoms with Crippen molar-refractivity contribution >= 4 is 16.7 Å². The van der Waals surface area contributed by atoms with Gasteiger partial charge in [0.2, 0.25) is 0 Å². The molecule has 0 atom stereocenters. The number of ether oxygens (including phenoxy) is 1. The van der Waals surface area contributed by atoms with Crippen LogP contribution in [0.25, 0.3) is 11.0 Å². The minimum Gasteiger partial charge on any atom is -0.494 e. The molecule has 1 heterocycles. The van der Waals surface area contributed by atoms with Gasteiger partial charge in [0.05, 0.1) is 13.2 Å². The lowest BCUT2D eigenvalue weighted by atomic mass is 10.2. The van der Waals surface area contributed by atoms with Gasteiger partial charge in [-0.2, -0.15) is 0 Å². The molecule has 3 nitrogen and oxygen atoms in total. The Balaban J connectivity index is 1.72. The van der Waals surface area contributed by atoms with E-state index >= 15 is 0 Å². The summed E-state index contributed by atoms with van der Waals surface area (Å²) in [5.74, 6) is 1.84. The Morgan fingerprint density at radius 3 is 2.71 bits per heavy atom. The van der Waals surface area contributed by atoms with Crippen LogP contribution in [-0.2, 0) is 6.54 Å². The third-order valence-electron chi connectivity index (χ3n) is 3.44.